The molecule has 1 heterocycles. The Bertz CT molecular complexity index is 611. The molecule has 2 N–H and O–H groups in total. The summed E-state index contributed by atoms with van der Waals surface area (Å²) < 4.78 is 37.5. The molecule has 1 amide bonds. The first kappa shape index (κ1) is 13.8. The average molecular weight is 382 g/mol. The van der Waals surface area contributed by atoms with E-state index in [0.29, 0.717) is 9.13 Å². The molecule has 0 spiro atoms. The molecule has 0 radical (unpaired) electrons. The molecule has 0 fully saturated rings. The minimum atomic E-state index is -4.63. The molecule has 0 bridgehead atoms. The van der Waals surface area contributed by atoms with E-state index in [1.54, 1.807) is 29.4 Å². The molecule has 9 heteroatoms. The molecule has 1 aromatic carbocycles. The maximum Gasteiger partial charge on any atom is 0.451 e. The van der Waals surface area contributed by atoms with Gasteiger partial charge in [-0.15, -0.1) is 5.10 Å². The monoisotopic (exact) mass is 382 g/mol. The molecule has 5 nitrogen and oxygen atoms in total. The SMILES string of the molecule is O=C(Nc1n[nH]c(C(F)(F)F)n1)c1ccccc1I. The van der Waals surface area contributed by atoms with Gasteiger partial charge in [-0.1, -0.05) is 12.1 Å². The van der Waals surface area contributed by atoms with Gasteiger partial charge in [0, 0.05) is 3.57 Å². The number of carbonyl (C=O) groups excluding carboxylic acids is 1. The Labute approximate surface area is 118 Å². The molecule has 19 heavy (non-hydrogen) atoms. The van der Waals surface area contributed by atoms with E-state index < -0.39 is 23.9 Å². The molecule has 0 unspecified atom stereocenters. The van der Waals surface area contributed by atoms with Crippen molar-refractivity contribution in [3.63, 3.8) is 0 Å². The average Bonchev–Trinajstić information content (AvgIpc) is 2.77. The molecular formula is C10H6F3IN4O. The van der Waals surface area contributed by atoms with Crippen molar-refractivity contribution in [2.24, 2.45) is 0 Å². The number of carbonyl (C=O) groups is 1. The largest absolute Gasteiger partial charge is 0.451 e. The van der Waals surface area contributed by atoms with Crippen LogP contribution in [-0.4, -0.2) is 21.1 Å². The number of halogens is 4. The number of amides is 1. The molecule has 2 rings (SSSR count). The maximum atomic E-state index is 12.3. The number of hydrogen-bond donors (Lipinski definition) is 2. The lowest BCUT2D eigenvalue weighted by Gasteiger charge is -2.03. The van der Waals surface area contributed by atoms with E-state index in [9.17, 15) is 18.0 Å². The van der Waals surface area contributed by atoms with Crippen LogP contribution in [0.25, 0.3) is 0 Å². The minimum absolute atomic E-state index is 0.335. The van der Waals surface area contributed by atoms with E-state index in [2.05, 4.69) is 15.4 Å². The van der Waals surface area contributed by atoms with Crippen molar-refractivity contribution in [3.05, 3.63) is 39.2 Å². The number of anilines is 1. The highest BCUT2D eigenvalue weighted by molar-refractivity contribution is 14.1. The summed E-state index contributed by atoms with van der Waals surface area (Å²) >= 11 is 1.95. The fourth-order valence-corrected chi connectivity index (χ4v) is 1.89. The van der Waals surface area contributed by atoms with Gasteiger partial charge >= 0.3 is 6.18 Å². The highest BCUT2D eigenvalue weighted by Crippen LogP contribution is 2.26. The number of nitrogens with one attached hydrogen (secondary N) is 2. The fourth-order valence-electron chi connectivity index (χ4n) is 1.26. The molecule has 0 aliphatic rings. The summed E-state index contributed by atoms with van der Waals surface area (Å²) in [5.41, 5.74) is 0.335. The maximum absolute atomic E-state index is 12.3. The third-order valence-corrected chi connectivity index (χ3v) is 3.04. The van der Waals surface area contributed by atoms with E-state index in [-0.39, 0.29) is 0 Å². The van der Waals surface area contributed by atoms with Gasteiger partial charge in [0.1, 0.15) is 0 Å². The lowest BCUT2D eigenvalue weighted by molar-refractivity contribution is -0.144. The Morgan fingerprint density at radius 3 is 2.58 bits per heavy atom. The second kappa shape index (κ2) is 5.15. The quantitative estimate of drug-likeness (QED) is 0.785. The number of aromatic amines is 1. The molecule has 0 saturated heterocycles. The van der Waals surface area contributed by atoms with E-state index in [1.165, 1.54) is 0 Å². The number of aromatic nitrogens is 3. The molecule has 1 aromatic heterocycles. The van der Waals surface area contributed by atoms with Crippen LogP contribution in [-0.2, 0) is 6.18 Å². The summed E-state index contributed by atoms with van der Waals surface area (Å²) in [4.78, 5) is 15.0. The fraction of sp³-hybridized carbons (Fsp3) is 0.100. The van der Waals surface area contributed by atoms with E-state index in [0.717, 1.165) is 0 Å². The number of benzene rings is 1. The predicted molar refractivity (Wildman–Crippen MR) is 68.5 cm³/mol. The molecule has 0 aliphatic carbocycles. The predicted octanol–water partition coefficient (Wildman–Crippen LogP) is 2.68. The zero-order chi connectivity index (χ0) is 14.0. The normalized spacial score (nSPS) is 11.4. The van der Waals surface area contributed by atoms with Crippen LogP contribution in [0.2, 0.25) is 0 Å². The summed E-state index contributed by atoms with van der Waals surface area (Å²) in [7, 11) is 0. The van der Waals surface area contributed by atoms with Crippen LogP contribution in [0.1, 0.15) is 16.2 Å². The highest BCUT2D eigenvalue weighted by Gasteiger charge is 2.35. The van der Waals surface area contributed by atoms with Gasteiger partial charge in [0.15, 0.2) is 0 Å². The van der Waals surface area contributed by atoms with Crippen LogP contribution in [0.15, 0.2) is 24.3 Å². The molecule has 100 valence electrons. The minimum Gasteiger partial charge on any atom is -0.289 e. The standard InChI is InChI=1S/C10H6F3IN4O/c11-10(12,13)8-16-9(18-17-8)15-7(19)5-3-1-2-4-6(5)14/h1-4H,(H2,15,16,17,18,19). The zero-order valence-corrected chi connectivity index (χ0v) is 11.3. The van der Waals surface area contributed by atoms with Crippen LogP contribution in [0.4, 0.5) is 19.1 Å². The van der Waals surface area contributed by atoms with Crippen molar-refractivity contribution < 1.29 is 18.0 Å². The number of nitrogens with zero attached hydrogens (tertiary/aromatic N) is 2. The smallest absolute Gasteiger partial charge is 0.289 e. The Kier molecular flexibility index (Phi) is 3.73. The summed E-state index contributed by atoms with van der Waals surface area (Å²) in [6.07, 6.45) is -4.63. The summed E-state index contributed by atoms with van der Waals surface area (Å²) in [5, 5.41) is 7.20. The Morgan fingerprint density at radius 2 is 2.00 bits per heavy atom. The van der Waals surface area contributed by atoms with Crippen LogP contribution in [0.5, 0.6) is 0 Å². The second-order valence-corrected chi connectivity index (χ2v) is 4.60. The van der Waals surface area contributed by atoms with Gasteiger partial charge in [0.05, 0.1) is 5.56 Å². The third-order valence-electron chi connectivity index (χ3n) is 2.10. The van der Waals surface area contributed by atoms with Crippen molar-refractivity contribution >= 4 is 34.4 Å². The van der Waals surface area contributed by atoms with Crippen molar-refractivity contribution in [2.45, 2.75) is 6.18 Å². The van der Waals surface area contributed by atoms with Crippen LogP contribution >= 0.6 is 22.6 Å². The van der Waals surface area contributed by atoms with Crippen LogP contribution in [0.3, 0.4) is 0 Å². The molecule has 2 aromatic rings. The summed E-state index contributed by atoms with van der Waals surface area (Å²) in [5.74, 6) is -2.25. The Balaban J connectivity index is 2.16. The first-order valence-electron chi connectivity index (χ1n) is 4.93. The number of alkyl halides is 3. The Morgan fingerprint density at radius 1 is 1.32 bits per heavy atom. The van der Waals surface area contributed by atoms with E-state index >= 15 is 0 Å². The molecule has 0 saturated carbocycles. The van der Waals surface area contributed by atoms with Crippen LogP contribution < -0.4 is 5.32 Å². The van der Waals surface area contributed by atoms with Crippen molar-refractivity contribution in [1.82, 2.24) is 15.2 Å². The lowest BCUT2D eigenvalue weighted by Crippen LogP contribution is -2.14. The molecule has 0 aliphatic heterocycles. The van der Waals surface area contributed by atoms with Crippen molar-refractivity contribution in [1.29, 1.82) is 0 Å². The van der Waals surface area contributed by atoms with Crippen molar-refractivity contribution in [3.8, 4) is 0 Å². The van der Waals surface area contributed by atoms with Crippen LogP contribution in [0, 0.1) is 3.57 Å². The summed E-state index contributed by atoms with van der Waals surface area (Å²) in [6.45, 7) is 0. The van der Waals surface area contributed by atoms with Crippen molar-refractivity contribution in [2.75, 3.05) is 5.32 Å². The lowest BCUT2D eigenvalue weighted by atomic mass is 10.2. The summed E-state index contributed by atoms with van der Waals surface area (Å²) in [6, 6.07) is 6.65. The molecular weight excluding hydrogens is 376 g/mol. The van der Waals surface area contributed by atoms with Gasteiger partial charge in [-0.2, -0.15) is 18.2 Å². The highest BCUT2D eigenvalue weighted by atomic mass is 127. The van der Waals surface area contributed by atoms with Gasteiger partial charge < -0.3 is 0 Å². The number of rotatable bonds is 2. The second-order valence-electron chi connectivity index (χ2n) is 3.44. The Hall–Kier alpha value is -1.65. The first-order chi connectivity index (χ1) is 8.88. The van der Waals surface area contributed by atoms with Gasteiger partial charge in [-0.05, 0) is 34.7 Å². The van der Waals surface area contributed by atoms with E-state index in [4.69, 9.17) is 0 Å². The zero-order valence-electron chi connectivity index (χ0n) is 9.12. The number of hydrogen-bond acceptors (Lipinski definition) is 3. The first-order valence-corrected chi connectivity index (χ1v) is 6.01. The van der Waals surface area contributed by atoms with E-state index in [1.807, 2.05) is 22.6 Å². The van der Waals surface area contributed by atoms with Gasteiger partial charge in [-0.3, -0.25) is 15.2 Å². The molecule has 0 atom stereocenters. The third kappa shape index (κ3) is 3.22. The van der Waals surface area contributed by atoms with Gasteiger partial charge in [0.2, 0.25) is 11.8 Å². The van der Waals surface area contributed by atoms with Gasteiger partial charge in [0.25, 0.3) is 5.91 Å². The van der Waals surface area contributed by atoms with Gasteiger partial charge in [-0.25, -0.2) is 0 Å². The number of H-pyrrole nitrogens is 1. The topological polar surface area (TPSA) is 70.7 Å².